The summed E-state index contributed by atoms with van der Waals surface area (Å²) in [5.74, 6) is 1.74. The van der Waals surface area contributed by atoms with Gasteiger partial charge in [-0.25, -0.2) is 0 Å². The Bertz CT molecular complexity index is 893. The van der Waals surface area contributed by atoms with E-state index in [1.54, 1.807) is 0 Å². The Morgan fingerprint density at radius 3 is 2.52 bits per heavy atom. The number of hydrogen-bond donors (Lipinski definition) is 3. The number of aromatic nitrogens is 1. The number of H-pyrrole nitrogens is 1. The molecular formula is C24H31N3. The van der Waals surface area contributed by atoms with Crippen molar-refractivity contribution in [3.05, 3.63) is 66.2 Å². The maximum atomic E-state index is 4.22. The van der Waals surface area contributed by atoms with Crippen LogP contribution >= 0.6 is 0 Å². The molecule has 3 heteroatoms. The van der Waals surface area contributed by atoms with Crippen molar-refractivity contribution in [1.82, 2.24) is 10.3 Å². The van der Waals surface area contributed by atoms with E-state index >= 15 is 0 Å². The quantitative estimate of drug-likeness (QED) is 0.581. The molecule has 1 aromatic carbocycles. The van der Waals surface area contributed by atoms with Crippen LogP contribution in [0.15, 0.2) is 66.2 Å². The molecule has 2 aromatic rings. The fourth-order valence-corrected chi connectivity index (χ4v) is 4.52. The number of benzene rings is 1. The van der Waals surface area contributed by atoms with E-state index < -0.39 is 0 Å². The van der Waals surface area contributed by atoms with Gasteiger partial charge in [-0.2, -0.15) is 0 Å². The van der Waals surface area contributed by atoms with Gasteiger partial charge < -0.3 is 15.6 Å². The lowest BCUT2D eigenvalue weighted by Gasteiger charge is -2.37. The highest BCUT2D eigenvalue weighted by Gasteiger charge is 2.31. The second-order valence-corrected chi connectivity index (χ2v) is 8.22. The van der Waals surface area contributed by atoms with Gasteiger partial charge in [0, 0.05) is 34.3 Å². The number of anilines is 1. The van der Waals surface area contributed by atoms with Crippen molar-refractivity contribution in [2.45, 2.75) is 52.0 Å². The molecule has 0 radical (unpaired) electrons. The molecule has 0 bridgehead atoms. The highest BCUT2D eigenvalue weighted by molar-refractivity contribution is 5.94. The fraction of sp³-hybridized carbons (Fsp3) is 0.417. The van der Waals surface area contributed by atoms with Gasteiger partial charge in [-0.3, -0.25) is 0 Å². The van der Waals surface area contributed by atoms with Crippen LogP contribution in [0.3, 0.4) is 0 Å². The van der Waals surface area contributed by atoms with Crippen molar-refractivity contribution < 1.29 is 0 Å². The predicted molar refractivity (Wildman–Crippen MR) is 116 cm³/mol. The van der Waals surface area contributed by atoms with Crippen LogP contribution in [0.1, 0.15) is 46.0 Å². The second kappa shape index (κ2) is 7.30. The molecule has 4 rings (SSSR count). The first-order valence-corrected chi connectivity index (χ1v) is 10.3. The van der Waals surface area contributed by atoms with Gasteiger partial charge >= 0.3 is 0 Å². The van der Waals surface area contributed by atoms with Gasteiger partial charge in [-0.15, -0.1) is 0 Å². The Hall–Kier alpha value is -2.42. The van der Waals surface area contributed by atoms with Crippen molar-refractivity contribution in [2.24, 2.45) is 11.8 Å². The van der Waals surface area contributed by atoms with Gasteiger partial charge in [-0.1, -0.05) is 51.6 Å². The molecule has 1 heterocycles. The number of allylic oxidation sites excluding steroid dienone is 2. The normalized spacial score (nSPS) is 24.1. The van der Waals surface area contributed by atoms with Crippen LogP contribution in [-0.2, 0) is 0 Å². The summed E-state index contributed by atoms with van der Waals surface area (Å²) in [7, 11) is 0. The first kappa shape index (κ1) is 18.0. The van der Waals surface area contributed by atoms with Crippen LogP contribution in [-0.4, -0.2) is 11.0 Å². The Balaban J connectivity index is 1.47. The fourth-order valence-electron chi connectivity index (χ4n) is 4.52. The van der Waals surface area contributed by atoms with Crippen molar-refractivity contribution in [3.8, 4) is 0 Å². The molecule has 142 valence electrons. The van der Waals surface area contributed by atoms with Gasteiger partial charge in [0.25, 0.3) is 0 Å². The van der Waals surface area contributed by atoms with Gasteiger partial charge in [0.2, 0.25) is 0 Å². The monoisotopic (exact) mass is 361 g/mol. The van der Waals surface area contributed by atoms with Crippen LogP contribution in [0.25, 0.3) is 10.9 Å². The van der Waals surface area contributed by atoms with Crippen LogP contribution in [0.4, 0.5) is 5.69 Å². The number of rotatable bonds is 6. The molecule has 0 spiro atoms. The van der Waals surface area contributed by atoms with Gasteiger partial charge in [0.15, 0.2) is 0 Å². The lowest BCUT2D eigenvalue weighted by Crippen LogP contribution is -2.38. The van der Waals surface area contributed by atoms with E-state index in [4.69, 9.17) is 0 Å². The molecule has 1 atom stereocenters. The lowest BCUT2D eigenvalue weighted by molar-refractivity contribution is 0.229. The number of hydrogen-bond acceptors (Lipinski definition) is 2. The Morgan fingerprint density at radius 1 is 1.07 bits per heavy atom. The SMILES string of the molecule is C=C1C(=C)C(NC2CCC(C(C)CC)CC2)=C1Nc1c[nH]c2ccccc12. The summed E-state index contributed by atoms with van der Waals surface area (Å²) in [6.45, 7) is 13.1. The van der Waals surface area contributed by atoms with Crippen LogP contribution in [0.5, 0.6) is 0 Å². The van der Waals surface area contributed by atoms with Gasteiger partial charge in [0.05, 0.1) is 17.1 Å². The minimum Gasteiger partial charge on any atom is -0.380 e. The summed E-state index contributed by atoms with van der Waals surface area (Å²) in [6.07, 6.45) is 8.48. The predicted octanol–water partition coefficient (Wildman–Crippen LogP) is 6.11. The van der Waals surface area contributed by atoms with Crippen LogP contribution in [0, 0.1) is 11.8 Å². The molecule has 0 aliphatic heterocycles. The third-order valence-electron chi connectivity index (χ3n) is 6.64. The molecule has 27 heavy (non-hydrogen) atoms. The molecule has 2 aliphatic carbocycles. The first-order valence-electron chi connectivity index (χ1n) is 10.3. The second-order valence-electron chi connectivity index (χ2n) is 8.22. The number of fused-ring (bicyclic) bond motifs is 1. The molecule has 1 saturated carbocycles. The maximum Gasteiger partial charge on any atom is 0.0701 e. The van der Waals surface area contributed by atoms with Crippen LogP contribution in [0.2, 0.25) is 0 Å². The van der Waals surface area contributed by atoms with E-state index in [-0.39, 0.29) is 0 Å². The molecule has 2 aliphatic rings. The summed E-state index contributed by atoms with van der Waals surface area (Å²) < 4.78 is 0. The molecule has 3 nitrogen and oxygen atoms in total. The molecule has 0 amide bonds. The first-order chi connectivity index (χ1) is 13.1. The average molecular weight is 362 g/mol. The molecule has 3 N–H and O–H groups in total. The molecule has 0 saturated heterocycles. The van der Waals surface area contributed by atoms with Crippen molar-refractivity contribution >= 4 is 16.6 Å². The van der Waals surface area contributed by atoms with E-state index in [0.717, 1.165) is 45.6 Å². The third kappa shape index (κ3) is 3.31. The summed E-state index contributed by atoms with van der Waals surface area (Å²) in [5.41, 5.74) is 6.53. The zero-order valence-electron chi connectivity index (χ0n) is 16.6. The average Bonchev–Trinajstić information content (AvgIpc) is 3.13. The van der Waals surface area contributed by atoms with Gasteiger partial charge in [-0.05, 0) is 43.6 Å². The van der Waals surface area contributed by atoms with E-state index in [9.17, 15) is 0 Å². The summed E-state index contributed by atoms with van der Waals surface area (Å²) in [6, 6.07) is 8.89. The number of nitrogens with one attached hydrogen (secondary N) is 3. The molecular weight excluding hydrogens is 330 g/mol. The number of para-hydroxylation sites is 1. The Labute approximate surface area is 162 Å². The summed E-state index contributed by atoms with van der Waals surface area (Å²) >= 11 is 0. The third-order valence-corrected chi connectivity index (χ3v) is 6.64. The Kier molecular flexibility index (Phi) is 4.86. The molecule has 1 fully saturated rings. The minimum atomic E-state index is 0.546. The molecule has 1 unspecified atom stereocenters. The van der Waals surface area contributed by atoms with E-state index in [1.165, 1.54) is 37.5 Å². The highest BCUT2D eigenvalue weighted by Crippen LogP contribution is 2.39. The summed E-state index contributed by atoms with van der Waals surface area (Å²) in [5, 5.41) is 8.55. The topological polar surface area (TPSA) is 39.8 Å². The minimum absolute atomic E-state index is 0.546. The van der Waals surface area contributed by atoms with E-state index in [1.807, 2.05) is 6.20 Å². The van der Waals surface area contributed by atoms with Crippen molar-refractivity contribution in [1.29, 1.82) is 0 Å². The van der Waals surface area contributed by atoms with Crippen molar-refractivity contribution in [3.63, 3.8) is 0 Å². The van der Waals surface area contributed by atoms with E-state index in [2.05, 4.69) is 66.9 Å². The standard InChI is InChI=1S/C24H31N3/c1-5-15(2)18-10-12-19(13-11-18)26-23-16(3)17(4)24(23)27-22-14-25-21-9-7-6-8-20(21)22/h6-9,14-15,18-19,25-27H,3-5,10-13H2,1-2H3. The van der Waals surface area contributed by atoms with Crippen molar-refractivity contribution in [2.75, 3.05) is 5.32 Å². The highest BCUT2D eigenvalue weighted by atomic mass is 15.0. The van der Waals surface area contributed by atoms with E-state index in [0.29, 0.717) is 6.04 Å². The number of aromatic amines is 1. The maximum absolute atomic E-state index is 4.22. The zero-order chi connectivity index (χ0) is 19.0. The smallest absolute Gasteiger partial charge is 0.0701 e. The molecule has 1 aromatic heterocycles. The largest absolute Gasteiger partial charge is 0.380 e. The van der Waals surface area contributed by atoms with Gasteiger partial charge in [0.1, 0.15) is 0 Å². The zero-order valence-corrected chi connectivity index (χ0v) is 16.6. The summed E-state index contributed by atoms with van der Waals surface area (Å²) in [4.78, 5) is 3.33. The van der Waals surface area contributed by atoms with Crippen LogP contribution < -0.4 is 10.6 Å². The Morgan fingerprint density at radius 2 is 1.78 bits per heavy atom. The lowest BCUT2D eigenvalue weighted by atomic mass is 9.77.